The molecule has 0 saturated carbocycles. The Kier molecular flexibility index (Phi) is 4.24. The topological polar surface area (TPSA) is 45.2 Å². The van der Waals surface area contributed by atoms with Crippen molar-refractivity contribution in [3.63, 3.8) is 0 Å². The molecule has 0 bridgehead atoms. The average Bonchev–Trinajstić information content (AvgIpc) is 2.91. The SMILES string of the molecule is Cc1ccnc(N2C(=O)c3ccccc3[C@@H]2Nc2ccc(Br)c(C)c2)c1. The number of pyridine rings is 1. The lowest BCUT2D eigenvalue weighted by molar-refractivity contribution is 0.0992. The summed E-state index contributed by atoms with van der Waals surface area (Å²) in [5.41, 5.74) is 4.83. The van der Waals surface area contributed by atoms with E-state index in [1.165, 1.54) is 0 Å². The number of hydrogen-bond donors (Lipinski definition) is 1. The third-order valence-electron chi connectivity index (χ3n) is 4.57. The van der Waals surface area contributed by atoms with Gasteiger partial charge in [-0.2, -0.15) is 0 Å². The van der Waals surface area contributed by atoms with Gasteiger partial charge in [-0.25, -0.2) is 4.98 Å². The van der Waals surface area contributed by atoms with Gasteiger partial charge in [0.2, 0.25) is 0 Å². The predicted octanol–water partition coefficient (Wildman–Crippen LogP) is 5.23. The minimum Gasteiger partial charge on any atom is -0.361 e. The highest BCUT2D eigenvalue weighted by Gasteiger charge is 2.38. The fraction of sp³-hybridized carbons (Fsp3) is 0.143. The summed E-state index contributed by atoms with van der Waals surface area (Å²) in [7, 11) is 0. The van der Waals surface area contributed by atoms with Gasteiger partial charge in [0, 0.05) is 27.5 Å². The number of fused-ring (bicyclic) bond motifs is 1. The van der Waals surface area contributed by atoms with Crippen LogP contribution in [0.2, 0.25) is 0 Å². The lowest BCUT2D eigenvalue weighted by Crippen LogP contribution is -2.33. The van der Waals surface area contributed by atoms with E-state index in [2.05, 4.69) is 32.3 Å². The average molecular weight is 408 g/mol. The van der Waals surface area contributed by atoms with Gasteiger partial charge >= 0.3 is 0 Å². The maximum atomic E-state index is 13.1. The molecule has 2 aromatic carbocycles. The first kappa shape index (κ1) is 16.8. The Morgan fingerprint density at radius 1 is 1.08 bits per heavy atom. The van der Waals surface area contributed by atoms with Gasteiger partial charge in [0.25, 0.3) is 5.91 Å². The summed E-state index contributed by atoms with van der Waals surface area (Å²) in [6.45, 7) is 4.04. The number of aromatic nitrogens is 1. The molecule has 0 radical (unpaired) electrons. The van der Waals surface area contributed by atoms with E-state index in [1.54, 1.807) is 11.1 Å². The normalized spacial score (nSPS) is 15.9. The number of hydrogen-bond acceptors (Lipinski definition) is 3. The molecule has 130 valence electrons. The van der Waals surface area contributed by atoms with Gasteiger partial charge in [0.05, 0.1) is 0 Å². The summed E-state index contributed by atoms with van der Waals surface area (Å²) in [5, 5.41) is 3.51. The molecule has 26 heavy (non-hydrogen) atoms. The first-order chi connectivity index (χ1) is 12.5. The predicted molar refractivity (Wildman–Crippen MR) is 107 cm³/mol. The smallest absolute Gasteiger partial charge is 0.261 e. The number of benzene rings is 2. The molecule has 0 fully saturated rings. The first-order valence-corrected chi connectivity index (χ1v) is 9.22. The van der Waals surface area contributed by atoms with Gasteiger partial charge in [-0.3, -0.25) is 9.69 Å². The fourth-order valence-corrected chi connectivity index (χ4v) is 3.49. The number of nitrogens with zero attached hydrogens (tertiary/aromatic N) is 2. The molecule has 1 aliphatic heterocycles. The molecular weight excluding hydrogens is 390 g/mol. The number of rotatable bonds is 3. The third-order valence-corrected chi connectivity index (χ3v) is 5.46. The van der Waals surface area contributed by atoms with Crippen LogP contribution in [-0.2, 0) is 0 Å². The van der Waals surface area contributed by atoms with Crippen LogP contribution in [0.1, 0.15) is 33.2 Å². The molecule has 0 saturated heterocycles. The highest BCUT2D eigenvalue weighted by molar-refractivity contribution is 9.10. The molecule has 0 unspecified atom stereocenters. The molecule has 4 nitrogen and oxygen atoms in total. The van der Waals surface area contributed by atoms with Gasteiger partial charge in [0.1, 0.15) is 12.0 Å². The largest absolute Gasteiger partial charge is 0.361 e. The van der Waals surface area contributed by atoms with Crippen molar-refractivity contribution in [3.05, 3.63) is 87.5 Å². The summed E-state index contributed by atoms with van der Waals surface area (Å²) in [6.07, 6.45) is 1.44. The number of carbonyl (C=O) groups is 1. The molecule has 1 atom stereocenters. The van der Waals surface area contributed by atoms with E-state index >= 15 is 0 Å². The van der Waals surface area contributed by atoms with Gasteiger partial charge in [-0.15, -0.1) is 0 Å². The number of anilines is 2. The Labute approximate surface area is 161 Å². The zero-order valence-corrected chi connectivity index (χ0v) is 16.1. The standard InChI is InChI=1S/C21H18BrN3O/c1-13-9-10-23-19(11-13)25-20(16-5-3-4-6-17(16)21(25)26)24-15-7-8-18(22)14(2)12-15/h3-12,20,24H,1-2H3/t20-/m1/s1. The van der Waals surface area contributed by atoms with Crippen molar-refractivity contribution in [2.45, 2.75) is 20.0 Å². The van der Waals surface area contributed by atoms with E-state index in [-0.39, 0.29) is 12.1 Å². The van der Waals surface area contributed by atoms with Crippen molar-refractivity contribution >= 4 is 33.3 Å². The van der Waals surface area contributed by atoms with Crippen LogP contribution in [0, 0.1) is 13.8 Å². The molecule has 0 aliphatic carbocycles. The van der Waals surface area contributed by atoms with Gasteiger partial charge in [-0.05, 0) is 61.4 Å². The van der Waals surface area contributed by atoms with E-state index in [4.69, 9.17) is 0 Å². The van der Waals surface area contributed by atoms with E-state index < -0.39 is 0 Å². The van der Waals surface area contributed by atoms with Crippen LogP contribution in [0.4, 0.5) is 11.5 Å². The van der Waals surface area contributed by atoms with Crippen LogP contribution >= 0.6 is 15.9 Å². The summed E-state index contributed by atoms with van der Waals surface area (Å²) >= 11 is 3.53. The lowest BCUT2D eigenvalue weighted by atomic mass is 10.1. The van der Waals surface area contributed by atoms with Gasteiger partial charge in [0.15, 0.2) is 0 Å². The van der Waals surface area contributed by atoms with Crippen molar-refractivity contribution in [3.8, 4) is 0 Å². The Bertz CT molecular complexity index is 1000. The Morgan fingerprint density at radius 3 is 2.65 bits per heavy atom. The number of aryl methyl sites for hydroxylation is 2. The van der Waals surface area contributed by atoms with Crippen molar-refractivity contribution < 1.29 is 4.79 Å². The van der Waals surface area contributed by atoms with Crippen LogP contribution < -0.4 is 10.2 Å². The maximum absolute atomic E-state index is 13.1. The first-order valence-electron chi connectivity index (χ1n) is 8.42. The minimum atomic E-state index is -0.298. The van der Waals surface area contributed by atoms with Crippen LogP contribution in [0.25, 0.3) is 0 Å². The van der Waals surface area contributed by atoms with E-state index in [0.29, 0.717) is 11.4 Å². The molecule has 2 heterocycles. The second kappa shape index (κ2) is 6.57. The Hall–Kier alpha value is -2.66. The molecular formula is C21H18BrN3O. The summed E-state index contributed by atoms with van der Waals surface area (Å²) in [6, 6.07) is 17.7. The van der Waals surface area contributed by atoms with Gasteiger partial charge in [-0.1, -0.05) is 34.1 Å². The van der Waals surface area contributed by atoms with Crippen LogP contribution in [0.5, 0.6) is 0 Å². The summed E-state index contributed by atoms with van der Waals surface area (Å²) < 4.78 is 1.06. The van der Waals surface area contributed by atoms with E-state index in [1.807, 2.05) is 62.4 Å². The minimum absolute atomic E-state index is 0.0370. The lowest BCUT2D eigenvalue weighted by Gasteiger charge is -2.26. The monoisotopic (exact) mass is 407 g/mol. The highest BCUT2D eigenvalue weighted by Crippen LogP contribution is 2.37. The van der Waals surface area contributed by atoms with E-state index in [9.17, 15) is 4.79 Å². The summed E-state index contributed by atoms with van der Waals surface area (Å²) in [4.78, 5) is 19.2. The van der Waals surface area contributed by atoms with Crippen LogP contribution in [-0.4, -0.2) is 10.9 Å². The van der Waals surface area contributed by atoms with Crippen molar-refractivity contribution in [2.24, 2.45) is 0 Å². The molecule has 1 aromatic heterocycles. The van der Waals surface area contributed by atoms with Crippen molar-refractivity contribution in [1.82, 2.24) is 4.98 Å². The molecule has 1 amide bonds. The van der Waals surface area contributed by atoms with Crippen LogP contribution in [0.15, 0.2) is 65.3 Å². The number of halogens is 1. The molecule has 3 aromatic rings. The van der Waals surface area contributed by atoms with Gasteiger partial charge < -0.3 is 5.32 Å². The second-order valence-corrected chi connectivity index (χ2v) is 7.32. The van der Waals surface area contributed by atoms with E-state index in [0.717, 1.165) is 26.9 Å². The third kappa shape index (κ3) is 2.88. The molecule has 1 aliphatic rings. The number of nitrogens with one attached hydrogen (secondary N) is 1. The molecule has 5 heteroatoms. The fourth-order valence-electron chi connectivity index (χ4n) is 3.24. The number of amides is 1. The van der Waals surface area contributed by atoms with Crippen LogP contribution in [0.3, 0.4) is 0 Å². The Morgan fingerprint density at radius 2 is 1.88 bits per heavy atom. The highest BCUT2D eigenvalue weighted by atomic mass is 79.9. The zero-order chi connectivity index (χ0) is 18.3. The maximum Gasteiger partial charge on any atom is 0.261 e. The second-order valence-electron chi connectivity index (χ2n) is 6.46. The van der Waals surface area contributed by atoms with Crippen molar-refractivity contribution in [2.75, 3.05) is 10.2 Å². The number of carbonyl (C=O) groups excluding carboxylic acids is 1. The summed E-state index contributed by atoms with van der Waals surface area (Å²) in [5.74, 6) is 0.613. The molecule has 1 N–H and O–H groups in total. The van der Waals surface area contributed by atoms with Crippen molar-refractivity contribution in [1.29, 1.82) is 0 Å². The molecule has 0 spiro atoms. The Balaban J connectivity index is 1.79. The molecule has 4 rings (SSSR count). The quantitative estimate of drug-likeness (QED) is 0.646. The zero-order valence-electron chi connectivity index (χ0n) is 14.5.